The van der Waals surface area contributed by atoms with E-state index in [1.165, 1.54) is 5.56 Å². The summed E-state index contributed by atoms with van der Waals surface area (Å²) >= 11 is 14.0. The number of halogens is 2. The maximum absolute atomic E-state index is 11.8. The molecule has 284 valence electrons. The highest BCUT2D eigenvalue weighted by Crippen LogP contribution is 2.45. The Bertz CT molecular complexity index is 2340. The zero-order chi connectivity index (χ0) is 37.8. The number of ketones is 1. The second-order valence-corrected chi connectivity index (χ2v) is 16.2. The lowest BCUT2D eigenvalue weighted by Crippen LogP contribution is -2.56. The van der Waals surface area contributed by atoms with E-state index < -0.39 is 0 Å². The van der Waals surface area contributed by atoms with Gasteiger partial charge in [0.1, 0.15) is 23.1 Å². The summed E-state index contributed by atoms with van der Waals surface area (Å²) in [6.45, 7) is 4.42. The number of hydrogen-bond donors (Lipinski definition) is 2. The van der Waals surface area contributed by atoms with Crippen molar-refractivity contribution in [2.75, 3.05) is 33.3 Å². The number of carbonyl (C=O) groups is 2. The van der Waals surface area contributed by atoms with Crippen LogP contribution in [0.1, 0.15) is 60.6 Å². The van der Waals surface area contributed by atoms with Crippen LogP contribution in [0.25, 0.3) is 33.5 Å². The van der Waals surface area contributed by atoms with Gasteiger partial charge in [0.15, 0.2) is 10.8 Å². The monoisotopic (exact) mass is 780 g/mol. The molecular weight excluding hydrogens is 739 g/mol. The van der Waals surface area contributed by atoms with Gasteiger partial charge in [-0.3, -0.25) is 14.5 Å². The average Bonchev–Trinajstić information content (AvgIpc) is 3.95. The maximum atomic E-state index is 11.8. The summed E-state index contributed by atoms with van der Waals surface area (Å²) in [5.74, 6) is 1.69. The predicted molar refractivity (Wildman–Crippen MR) is 209 cm³/mol. The zero-order valence-corrected chi connectivity index (χ0v) is 32.3. The summed E-state index contributed by atoms with van der Waals surface area (Å²) in [6.07, 6.45) is 4.14. The molecule has 4 aliphatic rings. The molecular formula is C41H42Cl2N8O4. The van der Waals surface area contributed by atoms with Crippen molar-refractivity contribution in [2.45, 2.75) is 57.7 Å². The van der Waals surface area contributed by atoms with E-state index >= 15 is 0 Å². The molecule has 5 heterocycles. The lowest BCUT2D eigenvalue weighted by Gasteiger charge is -2.46. The van der Waals surface area contributed by atoms with E-state index in [4.69, 9.17) is 52.7 Å². The normalized spacial score (nSPS) is 20.3. The Morgan fingerprint density at radius 2 is 1.78 bits per heavy atom. The second kappa shape index (κ2) is 14.5. The molecule has 2 aromatic carbocycles. The van der Waals surface area contributed by atoms with Crippen LogP contribution in [0.15, 0.2) is 48.5 Å². The van der Waals surface area contributed by atoms with Crippen molar-refractivity contribution in [2.24, 2.45) is 18.4 Å². The number of amides is 1. The van der Waals surface area contributed by atoms with Crippen LogP contribution in [0.2, 0.25) is 10.2 Å². The van der Waals surface area contributed by atoms with Crippen LogP contribution in [0.4, 0.5) is 0 Å². The highest BCUT2D eigenvalue weighted by Gasteiger charge is 2.48. The van der Waals surface area contributed by atoms with Crippen LogP contribution in [0.3, 0.4) is 0 Å². The third kappa shape index (κ3) is 6.83. The Hall–Kier alpha value is -4.62. The summed E-state index contributed by atoms with van der Waals surface area (Å²) in [4.78, 5) is 40.1. The van der Waals surface area contributed by atoms with Gasteiger partial charge in [-0.2, -0.15) is 10.1 Å². The van der Waals surface area contributed by atoms with Crippen molar-refractivity contribution in [3.63, 3.8) is 0 Å². The first-order chi connectivity index (χ1) is 26.7. The molecule has 55 heavy (non-hydrogen) atoms. The number of nitrogens with zero attached hydrogens (tertiary/aromatic N) is 6. The number of carbonyl (C=O) groups excluding carboxylic acids is 2. The smallest absolute Gasteiger partial charge is 0.254 e. The number of likely N-dealkylation sites (tertiary alicyclic amines) is 1. The van der Waals surface area contributed by atoms with Crippen molar-refractivity contribution in [1.82, 2.24) is 40.3 Å². The fourth-order valence-electron chi connectivity index (χ4n) is 8.94. The van der Waals surface area contributed by atoms with Crippen LogP contribution < -0.4 is 20.1 Å². The number of nitrogens with one attached hydrogen (secondary N) is 2. The molecule has 1 spiro atoms. The Balaban J connectivity index is 0.919. The summed E-state index contributed by atoms with van der Waals surface area (Å²) in [5.41, 5.74) is 8.78. The van der Waals surface area contributed by atoms with Gasteiger partial charge in [-0.25, -0.2) is 14.6 Å². The van der Waals surface area contributed by atoms with Crippen molar-refractivity contribution in [3.8, 4) is 34.1 Å². The molecule has 14 heteroatoms. The number of aromatic nitrogens is 5. The van der Waals surface area contributed by atoms with Gasteiger partial charge in [-0.15, -0.1) is 0 Å². The third-order valence-electron chi connectivity index (χ3n) is 11.6. The number of methoxy groups -OCH3 is 1. The highest BCUT2D eigenvalue weighted by molar-refractivity contribution is 6.36. The van der Waals surface area contributed by atoms with Gasteiger partial charge >= 0.3 is 0 Å². The molecule has 3 fully saturated rings. The maximum Gasteiger partial charge on any atom is 0.254 e. The zero-order valence-electron chi connectivity index (χ0n) is 30.8. The molecule has 1 saturated carbocycles. The van der Waals surface area contributed by atoms with Gasteiger partial charge in [0, 0.05) is 81.1 Å². The molecule has 2 saturated heterocycles. The molecule has 0 unspecified atom stereocenters. The number of benzene rings is 2. The van der Waals surface area contributed by atoms with Crippen molar-refractivity contribution < 1.29 is 19.1 Å². The summed E-state index contributed by atoms with van der Waals surface area (Å²) in [6, 6.07) is 16.3. The molecule has 3 aromatic heterocycles. The van der Waals surface area contributed by atoms with Gasteiger partial charge in [0.05, 0.1) is 17.8 Å². The number of fused-ring (bicyclic) bond motifs is 2. The van der Waals surface area contributed by atoms with E-state index in [1.807, 2.05) is 43.4 Å². The Labute approximate surface area is 328 Å². The van der Waals surface area contributed by atoms with E-state index in [9.17, 15) is 9.59 Å². The van der Waals surface area contributed by atoms with Gasteiger partial charge in [0.2, 0.25) is 11.8 Å². The van der Waals surface area contributed by atoms with E-state index in [0.717, 1.165) is 84.6 Å². The number of pyridine rings is 1. The number of hydrogen-bond acceptors (Lipinski definition) is 10. The number of aryl methyl sites for hydroxylation is 1. The Kier molecular flexibility index (Phi) is 9.48. The van der Waals surface area contributed by atoms with Crippen molar-refractivity contribution in [3.05, 3.63) is 81.1 Å². The molecule has 0 radical (unpaired) electrons. The third-order valence-corrected chi connectivity index (χ3v) is 12.3. The van der Waals surface area contributed by atoms with Gasteiger partial charge < -0.3 is 20.1 Å². The SMILES string of the molecule is COc1nc(-c2cccc(-c3cccc4c3CC[C@@H]4Oc3nc4c(nc3Cl)c(CN3CC5(CNC(=O)C5)C3)nn4C)c2Cl)ccc1CNC[C@@H]1CCC(=O)C1. The quantitative estimate of drug-likeness (QED) is 0.158. The van der Waals surface area contributed by atoms with E-state index in [2.05, 4.69) is 27.7 Å². The molecule has 2 aliphatic carbocycles. The molecule has 12 nitrogen and oxygen atoms in total. The average molecular weight is 782 g/mol. The topological polar surface area (TPSA) is 136 Å². The van der Waals surface area contributed by atoms with E-state index in [0.29, 0.717) is 66.1 Å². The van der Waals surface area contributed by atoms with Gasteiger partial charge in [-0.1, -0.05) is 65.7 Å². The summed E-state index contributed by atoms with van der Waals surface area (Å²) in [5, 5.41) is 12.0. The minimum Gasteiger partial charge on any atom is -0.481 e. The Morgan fingerprint density at radius 3 is 2.56 bits per heavy atom. The molecule has 9 rings (SSSR count). The van der Waals surface area contributed by atoms with Gasteiger partial charge in [-0.05, 0) is 54.5 Å². The second-order valence-electron chi connectivity index (χ2n) is 15.5. The fourth-order valence-corrected chi connectivity index (χ4v) is 9.44. The number of rotatable bonds is 11. The first kappa shape index (κ1) is 36.0. The molecule has 2 aliphatic heterocycles. The van der Waals surface area contributed by atoms with Crippen LogP contribution in [0, 0.1) is 11.3 Å². The highest BCUT2D eigenvalue weighted by atomic mass is 35.5. The van der Waals surface area contributed by atoms with Crippen LogP contribution in [0.5, 0.6) is 11.8 Å². The van der Waals surface area contributed by atoms with E-state index in [1.54, 1.807) is 11.8 Å². The lowest BCUT2D eigenvalue weighted by atomic mass is 9.79. The minimum absolute atomic E-state index is 0.0348. The van der Waals surface area contributed by atoms with Gasteiger partial charge in [0.25, 0.3) is 5.88 Å². The standard InChI is InChI=1S/C41H42Cl2N8O4/c1-50-38-36(32(49-50)19-51-21-41(22-51)16-34(53)45-20-41)47-37(43)40(48-38)55-33-14-12-27-26(5-3-6-28(27)33)29-7-4-8-30(35(29)42)31-13-10-24(39(46-31)54-2)18-44-17-23-9-11-25(52)15-23/h3-8,10,13,23,33,44H,9,11-12,14-22H2,1-2H3,(H,45,53)/t23-,33+/m1/s1. The van der Waals surface area contributed by atoms with Crippen LogP contribution in [-0.4, -0.2) is 74.6 Å². The fraction of sp³-hybridized carbons (Fsp3) is 0.415. The number of ether oxygens (including phenoxy) is 2. The van der Waals surface area contributed by atoms with Crippen LogP contribution >= 0.6 is 23.2 Å². The molecule has 0 bridgehead atoms. The molecule has 5 aromatic rings. The summed E-state index contributed by atoms with van der Waals surface area (Å²) < 4.78 is 14.0. The van der Waals surface area contributed by atoms with Crippen molar-refractivity contribution in [1.29, 1.82) is 0 Å². The molecule has 1 amide bonds. The first-order valence-corrected chi connectivity index (χ1v) is 19.6. The van der Waals surface area contributed by atoms with Crippen LogP contribution in [-0.2, 0) is 36.1 Å². The minimum atomic E-state index is -0.268. The summed E-state index contributed by atoms with van der Waals surface area (Å²) in [7, 11) is 3.48. The lowest BCUT2D eigenvalue weighted by molar-refractivity contribution is -0.120. The predicted octanol–water partition coefficient (Wildman–Crippen LogP) is 6.25. The molecule has 2 N–H and O–H groups in total. The first-order valence-electron chi connectivity index (χ1n) is 18.9. The molecule has 2 atom stereocenters. The number of Topliss-reactive ketones (excluding diaryl/α,β-unsaturated/α-hetero) is 1. The largest absolute Gasteiger partial charge is 0.481 e. The van der Waals surface area contributed by atoms with Crippen molar-refractivity contribution >= 4 is 46.1 Å². The van der Waals surface area contributed by atoms with E-state index in [-0.39, 0.29) is 28.5 Å². The Morgan fingerprint density at radius 1 is 0.964 bits per heavy atom.